The zero-order chi connectivity index (χ0) is 14.2. The molecule has 0 aliphatic carbocycles. The maximum Gasteiger partial charge on any atom is 0.197 e. The highest BCUT2D eigenvalue weighted by molar-refractivity contribution is 9.11. The molecule has 0 N–H and O–H groups in total. The molecule has 0 aliphatic rings. The highest BCUT2D eigenvalue weighted by Crippen LogP contribution is 2.25. The summed E-state index contributed by atoms with van der Waals surface area (Å²) in [6.07, 6.45) is 0. The summed E-state index contributed by atoms with van der Waals surface area (Å²) in [5.74, 6) is -4.43. The molecule has 6 heteroatoms. The van der Waals surface area contributed by atoms with Crippen molar-refractivity contribution in [2.24, 2.45) is 0 Å². The van der Waals surface area contributed by atoms with Crippen LogP contribution in [0.3, 0.4) is 0 Å². The smallest absolute Gasteiger partial charge is 0.197 e. The molecule has 0 amide bonds. The van der Waals surface area contributed by atoms with E-state index in [-0.39, 0.29) is 5.56 Å². The zero-order valence-corrected chi connectivity index (χ0v) is 12.4. The minimum atomic E-state index is -1.33. The van der Waals surface area contributed by atoms with Gasteiger partial charge in [0.05, 0.1) is 5.56 Å². The van der Waals surface area contributed by atoms with Gasteiger partial charge in [-0.05, 0) is 24.3 Å². The van der Waals surface area contributed by atoms with E-state index in [0.29, 0.717) is 21.1 Å². The van der Waals surface area contributed by atoms with Crippen molar-refractivity contribution in [2.75, 3.05) is 0 Å². The maximum atomic E-state index is 13.5. The SMILES string of the molecule is O=C(c1cc(F)c(F)cc1F)c1cc(Br)ccc1Br. The molecule has 0 aliphatic heterocycles. The van der Waals surface area contributed by atoms with E-state index in [4.69, 9.17) is 0 Å². The third-order valence-electron chi connectivity index (χ3n) is 2.43. The number of carbonyl (C=O) groups excluding carboxylic acids is 1. The zero-order valence-electron chi connectivity index (χ0n) is 9.18. The molecular weight excluding hydrogens is 389 g/mol. The summed E-state index contributed by atoms with van der Waals surface area (Å²) in [6, 6.07) is 5.65. The number of hydrogen-bond acceptors (Lipinski definition) is 1. The van der Waals surface area contributed by atoms with Gasteiger partial charge in [-0.15, -0.1) is 0 Å². The molecule has 0 radical (unpaired) electrons. The van der Waals surface area contributed by atoms with Crippen LogP contribution in [0.5, 0.6) is 0 Å². The van der Waals surface area contributed by atoms with Crippen LogP contribution in [-0.2, 0) is 0 Å². The lowest BCUT2D eigenvalue weighted by Crippen LogP contribution is -2.07. The molecule has 0 unspecified atom stereocenters. The Morgan fingerprint density at radius 1 is 0.842 bits per heavy atom. The molecule has 2 rings (SSSR count). The average Bonchev–Trinajstić information content (AvgIpc) is 2.36. The Morgan fingerprint density at radius 2 is 1.47 bits per heavy atom. The van der Waals surface area contributed by atoms with Gasteiger partial charge in [0.1, 0.15) is 5.82 Å². The fourth-order valence-corrected chi connectivity index (χ4v) is 2.30. The van der Waals surface area contributed by atoms with Crippen LogP contribution in [0.2, 0.25) is 0 Å². The Labute approximate surface area is 123 Å². The van der Waals surface area contributed by atoms with E-state index in [2.05, 4.69) is 31.9 Å². The highest BCUT2D eigenvalue weighted by Gasteiger charge is 2.19. The van der Waals surface area contributed by atoms with E-state index in [9.17, 15) is 18.0 Å². The molecule has 0 atom stereocenters. The molecule has 2 aromatic rings. The van der Waals surface area contributed by atoms with Crippen LogP contribution in [0.25, 0.3) is 0 Å². The first kappa shape index (κ1) is 14.3. The minimum Gasteiger partial charge on any atom is -0.288 e. The summed E-state index contributed by atoms with van der Waals surface area (Å²) in [7, 11) is 0. The van der Waals surface area contributed by atoms with E-state index in [1.807, 2.05) is 0 Å². The van der Waals surface area contributed by atoms with E-state index >= 15 is 0 Å². The number of carbonyl (C=O) groups is 1. The number of benzene rings is 2. The molecule has 19 heavy (non-hydrogen) atoms. The van der Waals surface area contributed by atoms with Crippen molar-refractivity contribution in [1.82, 2.24) is 0 Å². The van der Waals surface area contributed by atoms with Crippen LogP contribution >= 0.6 is 31.9 Å². The molecular formula is C13H5Br2F3O. The second-order valence-electron chi connectivity index (χ2n) is 3.70. The third-order valence-corrected chi connectivity index (χ3v) is 3.61. The first-order chi connectivity index (χ1) is 8.90. The molecule has 0 saturated carbocycles. The van der Waals surface area contributed by atoms with Crippen LogP contribution in [-0.4, -0.2) is 5.78 Å². The van der Waals surface area contributed by atoms with Gasteiger partial charge in [0.25, 0.3) is 0 Å². The third kappa shape index (κ3) is 2.90. The van der Waals surface area contributed by atoms with Crippen LogP contribution < -0.4 is 0 Å². The van der Waals surface area contributed by atoms with Crippen molar-refractivity contribution >= 4 is 37.6 Å². The first-order valence-electron chi connectivity index (χ1n) is 5.04. The standard InChI is InChI=1S/C13H5Br2F3O/c14-6-1-2-9(15)7(3-6)13(19)8-4-11(17)12(18)5-10(8)16/h1-5H. The van der Waals surface area contributed by atoms with Crippen LogP contribution in [0.1, 0.15) is 15.9 Å². The molecule has 0 aromatic heterocycles. The van der Waals surface area contributed by atoms with Crippen molar-refractivity contribution in [3.63, 3.8) is 0 Å². The van der Waals surface area contributed by atoms with Gasteiger partial charge in [0.15, 0.2) is 17.4 Å². The summed E-state index contributed by atoms with van der Waals surface area (Å²) in [5.41, 5.74) is -0.364. The second-order valence-corrected chi connectivity index (χ2v) is 5.47. The van der Waals surface area contributed by atoms with Gasteiger partial charge in [-0.2, -0.15) is 0 Å². The summed E-state index contributed by atoms with van der Waals surface area (Å²) in [6.45, 7) is 0. The van der Waals surface area contributed by atoms with Crippen molar-refractivity contribution in [2.45, 2.75) is 0 Å². The molecule has 0 heterocycles. The van der Waals surface area contributed by atoms with E-state index in [1.54, 1.807) is 12.1 Å². The molecule has 0 fully saturated rings. The summed E-state index contributed by atoms with van der Waals surface area (Å²) in [5, 5.41) is 0. The van der Waals surface area contributed by atoms with Crippen molar-refractivity contribution in [1.29, 1.82) is 0 Å². The monoisotopic (exact) mass is 392 g/mol. The Balaban J connectivity index is 2.56. The predicted octanol–water partition coefficient (Wildman–Crippen LogP) is 4.86. The van der Waals surface area contributed by atoms with Gasteiger partial charge in [-0.25, -0.2) is 13.2 Å². The van der Waals surface area contributed by atoms with Crippen molar-refractivity contribution in [3.8, 4) is 0 Å². The number of rotatable bonds is 2. The molecule has 1 nitrogen and oxygen atoms in total. The molecule has 0 saturated heterocycles. The summed E-state index contributed by atoms with van der Waals surface area (Å²) in [4.78, 5) is 12.1. The Kier molecular flexibility index (Phi) is 4.10. The summed E-state index contributed by atoms with van der Waals surface area (Å²) < 4.78 is 40.5. The van der Waals surface area contributed by atoms with Gasteiger partial charge in [0.2, 0.25) is 0 Å². The molecule has 2 aromatic carbocycles. The van der Waals surface area contributed by atoms with Crippen LogP contribution in [0.4, 0.5) is 13.2 Å². The first-order valence-corrected chi connectivity index (χ1v) is 6.63. The van der Waals surface area contributed by atoms with E-state index in [0.717, 1.165) is 0 Å². The van der Waals surface area contributed by atoms with Crippen molar-refractivity contribution in [3.05, 3.63) is 67.9 Å². The van der Waals surface area contributed by atoms with Gasteiger partial charge in [-0.3, -0.25) is 4.79 Å². The van der Waals surface area contributed by atoms with Gasteiger partial charge >= 0.3 is 0 Å². The molecule has 0 spiro atoms. The fraction of sp³-hybridized carbons (Fsp3) is 0. The van der Waals surface area contributed by atoms with Gasteiger partial charge in [-0.1, -0.05) is 31.9 Å². The topological polar surface area (TPSA) is 17.1 Å². The Hall–Kier alpha value is -1.14. The van der Waals surface area contributed by atoms with E-state index in [1.165, 1.54) is 6.07 Å². The number of hydrogen-bond donors (Lipinski definition) is 0. The lowest BCUT2D eigenvalue weighted by molar-refractivity contribution is 0.103. The Morgan fingerprint density at radius 3 is 2.16 bits per heavy atom. The lowest BCUT2D eigenvalue weighted by Gasteiger charge is -2.06. The second kappa shape index (κ2) is 5.46. The maximum absolute atomic E-state index is 13.5. The Bertz CT molecular complexity index is 671. The quantitative estimate of drug-likeness (QED) is 0.526. The largest absolute Gasteiger partial charge is 0.288 e. The normalized spacial score (nSPS) is 10.6. The molecule has 98 valence electrons. The fourth-order valence-electron chi connectivity index (χ4n) is 1.51. The average molecular weight is 394 g/mol. The van der Waals surface area contributed by atoms with Crippen molar-refractivity contribution < 1.29 is 18.0 Å². The number of halogens is 5. The predicted molar refractivity (Wildman–Crippen MR) is 71.6 cm³/mol. The van der Waals surface area contributed by atoms with Gasteiger partial charge in [0, 0.05) is 20.6 Å². The van der Waals surface area contributed by atoms with Crippen LogP contribution in [0, 0.1) is 17.5 Å². The van der Waals surface area contributed by atoms with Crippen LogP contribution in [0.15, 0.2) is 39.3 Å². The number of ketones is 1. The van der Waals surface area contributed by atoms with E-state index < -0.39 is 28.8 Å². The minimum absolute atomic E-state index is 0.152. The molecule has 0 bridgehead atoms. The van der Waals surface area contributed by atoms with Gasteiger partial charge < -0.3 is 0 Å². The summed E-state index contributed by atoms with van der Waals surface area (Å²) >= 11 is 6.33. The highest BCUT2D eigenvalue weighted by atomic mass is 79.9. The lowest BCUT2D eigenvalue weighted by atomic mass is 10.0.